The lowest BCUT2D eigenvalue weighted by Gasteiger charge is -2.27. The van der Waals surface area contributed by atoms with E-state index < -0.39 is 12.1 Å². The van der Waals surface area contributed by atoms with Crippen molar-refractivity contribution in [2.45, 2.75) is 0 Å². The summed E-state index contributed by atoms with van der Waals surface area (Å²) in [6, 6.07) is 37.8. The van der Waals surface area contributed by atoms with Crippen LogP contribution in [-0.2, 0) is 0 Å². The molecule has 45 heavy (non-hydrogen) atoms. The minimum atomic E-state index is -0.460. The molecule has 0 radical (unpaired) electrons. The molecule has 2 nitrogen and oxygen atoms in total. The van der Waals surface area contributed by atoms with Crippen molar-refractivity contribution < 1.29 is 14.0 Å². The van der Waals surface area contributed by atoms with Gasteiger partial charge in [0, 0.05) is 31.9 Å². The van der Waals surface area contributed by atoms with Gasteiger partial charge in [-0.15, -0.1) is 11.3 Å². The first-order valence-corrected chi connectivity index (χ1v) is 15.4. The maximum Gasteiger partial charge on any atom is 0.159 e. The summed E-state index contributed by atoms with van der Waals surface area (Å²) in [4.78, 5) is 1.88. The molecule has 0 aliphatic rings. The molecule has 212 valence electrons. The number of hydrogen-bond donors (Lipinski definition) is 0. The SMILES string of the molecule is [2H]c1c([2H])c([2H])c2c(oc3c(N(c4ccc(-c5ccccc5)cc4)c4ccc(-c5ccccc5)c5c4sc4ccccc45)c([2H])c([2H])c([2H])c32)c1[2H]. The Bertz CT molecular complexity index is 2870. The number of para-hydroxylation sites is 2. The molecule has 0 atom stereocenters. The van der Waals surface area contributed by atoms with Crippen LogP contribution in [0, 0.1) is 0 Å². The van der Waals surface area contributed by atoms with Crippen LogP contribution in [0.2, 0.25) is 0 Å². The number of anilines is 3. The zero-order valence-electron chi connectivity index (χ0n) is 30.8. The van der Waals surface area contributed by atoms with E-state index in [1.807, 2.05) is 95.9 Å². The highest BCUT2D eigenvalue weighted by atomic mass is 32.1. The number of furan rings is 1. The van der Waals surface area contributed by atoms with Crippen LogP contribution in [0.5, 0.6) is 0 Å². The van der Waals surface area contributed by atoms with Gasteiger partial charge in [-0.1, -0.05) is 127 Å². The van der Waals surface area contributed by atoms with Crippen molar-refractivity contribution in [3.8, 4) is 22.3 Å². The van der Waals surface area contributed by atoms with Gasteiger partial charge in [-0.2, -0.15) is 0 Å². The van der Waals surface area contributed by atoms with Gasteiger partial charge in [0.15, 0.2) is 5.58 Å². The fourth-order valence-corrected chi connectivity index (χ4v) is 7.38. The van der Waals surface area contributed by atoms with E-state index in [1.165, 1.54) is 0 Å². The summed E-state index contributed by atoms with van der Waals surface area (Å²) in [5.74, 6) is 0. The van der Waals surface area contributed by atoms with Gasteiger partial charge in [0.1, 0.15) is 5.58 Å². The number of benzene rings is 7. The molecule has 9 rings (SSSR count). The van der Waals surface area contributed by atoms with Crippen LogP contribution in [-0.4, -0.2) is 0 Å². The second-order valence-corrected chi connectivity index (χ2v) is 11.8. The van der Waals surface area contributed by atoms with Gasteiger partial charge >= 0.3 is 0 Å². The molecular weight excluding hydrogens is 567 g/mol. The molecule has 0 unspecified atom stereocenters. The van der Waals surface area contributed by atoms with Crippen molar-refractivity contribution in [1.82, 2.24) is 0 Å². The van der Waals surface area contributed by atoms with Gasteiger partial charge in [0.25, 0.3) is 0 Å². The average molecular weight is 601 g/mol. The summed E-state index contributed by atoms with van der Waals surface area (Å²) >= 11 is 1.62. The largest absolute Gasteiger partial charge is 0.454 e. The molecule has 9 aromatic rings. The summed E-state index contributed by atoms with van der Waals surface area (Å²) in [5.41, 5.74) is 5.60. The number of nitrogens with zero attached hydrogens (tertiary/aromatic N) is 1. The van der Waals surface area contributed by atoms with Crippen LogP contribution < -0.4 is 4.90 Å². The van der Waals surface area contributed by atoms with E-state index in [0.717, 1.165) is 48.1 Å². The monoisotopic (exact) mass is 600 g/mol. The Kier molecular flexibility index (Phi) is 4.58. The van der Waals surface area contributed by atoms with E-state index in [-0.39, 0.29) is 57.8 Å². The van der Waals surface area contributed by atoms with E-state index >= 15 is 0 Å². The van der Waals surface area contributed by atoms with Crippen molar-refractivity contribution in [1.29, 1.82) is 0 Å². The first-order valence-electron chi connectivity index (χ1n) is 18.1. The molecule has 2 heterocycles. The fraction of sp³-hybridized carbons (Fsp3) is 0. The minimum Gasteiger partial charge on any atom is -0.454 e. The maximum atomic E-state index is 9.41. The smallest absolute Gasteiger partial charge is 0.159 e. The van der Waals surface area contributed by atoms with E-state index in [0.29, 0.717) is 5.69 Å². The van der Waals surface area contributed by atoms with Crippen LogP contribution in [0.1, 0.15) is 9.60 Å². The highest BCUT2D eigenvalue weighted by molar-refractivity contribution is 7.26. The van der Waals surface area contributed by atoms with Crippen LogP contribution >= 0.6 is 11.3 Å². The lowest BCUT2D eigenvalue weighted by Crippen LogP contribution is -2.10. The molecule has 3 heteroatoms. The summed E-state index contributed by atoms with van der Waals surface area (Å²) in [7, 11) is 0. The maximum absolute atomic E-state index is 9.41. The van der Waals surface area contributed by atoms with Crippen LogP contribution in [0.4, 0.5) is 17.1 Å². The predicted octanol–water partition coefficient (Wildman–Crippen LogP) is 12.8. The predicted molar refractivity (Wildman–Crippen MR) is 192 cm³/mol. The Balaban J connectivity index is 1.42. The zero-order chi connectivity index (χ0) is 35.8. The molecule has 2 aromatic heterocycles. The second-order valence-electron chi connectivity index (χ2n) is 10.8. The molecule has 0 saturated heterocycles. The number of fused-ring (bicyclic) bond motifs is 6. The summed E-state index contributed by atoms with van der Waals surface area (Å²) in [6.45, 7) is 0. The fourth-order valence-electron chi connectivity index (χ4n) is 6.14. The minimum absolute atomic E-state index is 0.0200. The Hall–Kier alpha value is -5.64. The quantitative estimate of drug-likeness (QED) is 0.195. The van der Waals surface area contributed by atoms with Crippen LogP contribution in [0.3, 0.4) is 0 Å². The molecule has 0 saturated carbocycles. The van der Waals surface area contributed by atoms with Crippen LogP contribution in [0.15, 0.2) is 168 Å². The van der Waals surface area contributed by atoms with Gasteiger partial charge in [-0.05, 0) is 58.6 Å². The van der Waals surface area contributed by atoms with E-state index in [2.05, 4.69) is 30.3 Å². The third kappa shape index (κ3) is 4.24. The van der Waals surface area contributed by atoms with E-state index in [4.69, 9.17) is 12.6 Å². The third-order valence-corrected chi connectivity index (χ3v) is 9.40. The Morgan fingerprint density at radius 2 is 1.22 bits per heavy atom. The number of rotatable bonds is 5. The third-order valence-electron chi connectivity index (χ3n) is 8.21. The van der Waals surface area contributed by atoms with E-state index in [9.17, 15) is 1.37 Å². The summed E-state index contributed by atoms with van der Waals surface area (Å²) in [5, 5.41) is 2.20. The van der Waals surface area contributed by atoms with Crippen molar-refractivity contribution >= 4 is 70.5 Å². The zero-order valence-corrected chi connectivity index (χ0v) is 24.6. The van der Waals surface area contributed by atoms with Gasteiger partial charge in [-0.3, -0.25) is 0 Å². The summed E-state index contributed by atoms with van der Waals surface area (Å²) in [6.07, 6.45) is 0. The van der Waals surface area contributed by atoms with Gasteiger partial charge in [0.05, 0.1) is 25.7 Å². The highest BCUT2D eigenvalue weighted by Gasteiger charge is 2.23. The molecule has 0 fully saturated rings. The van der Waals surface area contributed by atoms with Crippen molar-refractivity contribution in [2.24, 2.45) is 0 Å². The molecule has 0 N–H and O–H groups in total. The topological polar surface area (TPSA) is 16.4 Å². The molecular formula is C42H27NOS. The Morgan fingerprint density at radius 1 is 0.533 bits per heavy atom. The lowest BCUT2D eigenvalue weighted by atomic mass is 9.98. The average Bonchev–Trinajstić information content (AvgIpc) is 3.78. The number of hydrogen-bond acceptors (Lipinski definition) is 3. The standard InChI is InChI=1S/C42H27NOS/c1-3-12-28(13-4-1)29-22-24-31(25-23-29)43(36-19-11-18-34-33-16-7-9-20-38(33)44-41(34)36)37-27-26-32(30-14-5-2-6-15-30)40-35-17-8-10-21-39(35)45-42(37)40/h1-27H/i7D,9D,11D,16D,18D,19D,20D. The normalized spacial score (nSPS) is 13.7. The van der Waals surface area contributed by atoms with Crippen molar-refractivity contribution in [3.05, 3.63) is 164 Å². The van der Waals surface area contributed by atoms with Gasteiger partial charge < -0.3 is 9.32 Å². The lowest BCUT2D eigenvalue weighted by molar-refractivity contribution is 0.669. The summed E-state index contributed by atoms with van der Waals surface area (Å²) < 4.78 is 70.0. The molecule has 0 amide bonds. The van der Waals surface area contributed by atoms with Crippen molar-refractivity contribution in [2.75, 3.05) is 4.90 Å². The van der Waals surface area contributed by atoms with Gasteiger partial charge in [-0.25, -0.2) is 0 Å². The first-order chi connectivity index (χ1) is 25.2. The second kappa shape index (κ2) is 10.5. The Labute approximate surface area is 274 Å². The Morgan fingerprint density at radius 3 is 2.04 bits per heavy atom. The molecule has 0 aliphatic carbocycles. The molecule has 0 aliphatic heterocycles. The molecule has 7 aromatic carbocycles. The molecule has 0 spiro atoms. The van der Waals surface area contributed by atoms with Crippen LogP contribution in [0.25, 0.3) is 64.4 Å². The van der Waals surface area contributed by atoms with Gasteiger partial charge in [0.2, 0.25) is 0 Å². The highest BCUT2D eigenvalue weighted by Crippen LogP contribution is 2.50. The van der Waals surface area contributed by atoms with E-state index in [1.54, 1.807) is 11.3 Å². The van der Waals surface area contributed by atoms with Crippen molar-refractivity contribution in [3.63, 3.8) is 0 Å². The first kappa shape index (κ1) is 19.6. The molecule has 0 bridgehead atoms. The number of thiophene rings is 1.